The smallest absolute Gasteiger partial charge is 0.424 e. The number of carbonyl (C=O) groups is 2. The standard InChI is InChI=1S/C31H45N3O7/c1-8-39-28(37)22-19-33-23(18-24(22)35)21-17-25(36)26(15-20(21)16-27(33)30(2,3)4)40-14-12-10-9-11-13-34(32)29(38)41-31(5,6)7/h15,17-19,27,36H,8-14,16,32H2,1-7H3. The quantitative estimate of drug-likeness (QED) is 0.124. The van der Waals surface area contributed by atoms with Crippen LogP contribution in [0.3, 0.4) is 0 Å². The Balaban J connectivity index is 1.66. The molecule has 0 aliphatic carbocycles. The van der Waals surface area contributed by atoms with Crippen molar-refractivity contribution in [2.45, 2.75) is 92.2 Å². The summed E-state index contributed by atoms with van der Waals surface area (Å²) in [6, 6.07) is 4.89. The van der Waals surface area contributed by atoms with Crippen molar-refractivity contribution in [2.75, 3.05) is 19.8 Å². The Morgan fingerprint density at radius 3 is 2.39 bits per heavy atom. The van der Waals surface area contributed by atoms with E-state index < -0.39 is 23.1 Å². The summed E-state index contributed by atoms with van der Waals surface area (Å²) in [7, 11) is 0. The summed E-state index contributed by atoms with van der Waals surface area (Å²) in [5.41, 5.74) is 1.16. The molecule has 1 unspecified atom stereocenters. The van der Waals surface area contributed by atoms with Gasteiger partial charge in [0.15, 0.2) is 16.9 Å². The molecular formula is C31H45N3O7. The molecule has 41 heavy (non-hydrogen) atoms. The number of nitrogens with zero attached hydrogens (tertiary/aromatic N) is 2. The second-order valence-electron chi connectivity index (χ2n) is 12.6. The minimum Gasteiger partial charge on any atom is -0.504 e. The fourth-order valence-electron chi connectivity index (χ4n) is 4.88. The van der Waals surface area contributed by atoms with Crippen LogP contribution in [0.25, 0.3) is 11.3 Å². The molecule has 1 atom stereocenters. The van der Waals surface area contributed by atoms with Gasteiger partial charge in [0.25, 0.3) is 0 Å². The van der Waals surface area contributed by atoms with E-state index in [4.69, 9.17) is 20.1 Å². The summed E-state index contributed by atoms with van der Waals surface area (Å²) in [4.78, 5) is 37.2. The van der Waals surface area contributed by atoms with E-state index in [-0.39, 0.29) is 29.4 Å². The van der Waals surface area contributed by atoms with Crippen molar-refractivity contribution in [3.05, 3.63) is 45.7 Å². The Labute approximate surface area is 242 Å². The van der Waals surface area contributed by atoms with Crippen LogP contribution in [-0.4, -0.2) is 52.1 Å². The van der Waals surface area contributed by atoms with Crippen molar-refractivity contribution in [1.82, 2.24) is 9.58 Å². The molecule has 226 valence electrons. The van der Waals surface area contributed by atoms with Gasteiger partial charge < -0.3 is 23.9 Å². The normalized spacial score (nSPS) is 14.6. The van der Waals surface area contributed by atoms with Gasteiger partial charge in [0, 0.05) is 30.4 Å². The van der Waals surface area contributed by atoms with Crippen LogP contribution in [0.4, 0.5) is 4.79 Å². The predicted molar refractivity (Wildman–Crippen MR) is 157 cm³/mol. The first-order valence-electron chi connectivity index (χ1n) is 14.3. The Kier molecular flexibility index (Phi) is 10.1. The van der Waals surface area contributed by atoms with E-state index in [1.165, 1.54) is 6.07 Å². The van der Waals surface area contributed by atoms with Crippen LogP contribution in [0, 0.1) is 5.41 Å². The minimum absolute atomic E-state index is 0.00138. The number of hydrogen-bond donors (Lipinski definition) is 2. The van der Waals surface area contributed by atoms with Crippen molar-refractivity contribution in [1.29, 1.82) is 0 Å². The third-order valence-corrected chi connectivity index (χ3v) is 6.96. The summed E-state index contributed by atoms with van der Waals surface area (Å²) in [5, 5.41) is 11.9. The molecule has 10 heteroatoms. The molecule has 1 aliphatic rings. The number of nitrogens with two attached hydrogens (primary N) is 1. The molecule has 2 heterocycles. The maximum Gasteiger partial charge on any atom is 0.424 e. The zero-order chi connectivity index (χ0) is 30.5. The second-order valence-corrected chi connectivity index (χ2v) is 12.6. The van der Waals surface area contributed by atoms with E-state index in [9.17, 15) is 19.5 Å². The number of unbranched alkanes of at least 4 members (excludes halogenated alkanes) is 3. The predicted octanol–water partition coefficient (Wildman–Crippen LogP) is 5.59. The molecule has 0 bridgehead atoms. The first-order valence-corrected chi connectivity index (χ1v) is 14.3. The summed E-state index contributed by atoms with van der Waals surface area (Å²) in [5.74, 6) is 5.54. The average Bonchev–Trinajstić information content (AvgIpc) is 2.86. The molecule has 0 saturated carbocycles. The summed E-state index contributed by atoms with van der Waals surface area (Å²) >= 11 is 0. The zero-order valence-electron chi connectivity index (χ0n) is 25.4. The SMILES string of the molecule is CCOC(=O)c1cn2c(cc1=O)-c1cc(O)c(OCCCCCCN(N)C(=O)OC(C)(C)C)cc1CC2C(C)(C)C. The fourth-order valence-corrected chi connectivity index (χ4v) is 4.88. The first-order chi connectivity index (χ1) is 19.1. The number of aromatic nitrogens is 1. The molecule has 10 nitrogen and oxygen atoms in total. The van der Waals surface area contributed by atoms with Gasteiger partial charge in [0.2, 0.25) is 0 Å². The number of hydrazine groups is 1. The van der Waals surface area contributed by atoms with Gasteiger partial charge in [-0.1, -0.05) is 27.2 Å². The van der Waals surface area contributed by atoms with Crippen LogP contribution in [0.2, 0.25) is 0 Å². The lowest BCUT2D eigenvalue weighted by atomic mass is 9.78. The molecule has 1 amide bonds. The van der Waals surface area contributed by atoms with Crippen LogP contribution in [-0.2, 0) is 15.9 Å². The van der Waals surface area contributed by atoms with Crippen LogP contribution in [0.15, 0.2) is 29.2 Å². The van der Waals surface area contributed by atoms with E-state index >= 15 is 0 Å². The van der Waals surface area contributed by atoms with Crippen molar-refractivity contribution in [3.63, 3.8) is 0 Å². The van der Waals surface area contributed by atoms with Crippen LogP contribution in [0.1, 0.15) is 96.1 Å². The van der Waals surface area contributed by atoms with E-state index in [0.717, 1.165) is 41.8 Å². The maximum absolute atomic E-state index is 12.9. The lowest BCUT2D eigenvalue weighted by Crippen LogP contribution is -2.42. The number of ether oxygens (including phenoxy) is 3. The van der Waals surface area contributed by atoms with Crippen molar-refractivity contribution < 1.29 is 28.9 Å². The fraction of sp³-hybridized carbons (Fsp3) is 0.581. The van der Waals surface area contributed by atoms with E-state index in [2.05, 4.69) is 20.8 Å². The number of carbonyl (C=O) groups excluding carboxylic acids is 2. The van der Waals surface area contributed by atoms with Gasteiger partial charge in [0.1, 0.15) is 11.2 Å². The minimum atomic E-state index is -0.638. The highest BCUT2D eigenvalue weighted by atomic mass is 16.6. The van der Waals surface area contributed by atoms with Crippen LogP contribution >= 0.6 is 0 Å². The molecule has 2 aromatic rings. The van der Waals surface area contributed by atoms with Gasteiger partial charge >= 0.3 is 12.1 Å². The number of fused-ring (bicyclic) bond motifs is 3. The largest absolute Gasteiger partial charge is 0.504 e. The molecule has 0 saturated heterocycles. The van der Waals surface area contributed by atoms with Gasteiger partial charge in [-0.05, 0) is 76.5 Å². The number of hydrogen-bond acceptors (Lipinski definition) is 8. The molecule has 0 spiro atoms. The first kappa shape index (κ1) is 32.0. The van der Waals surface area contributed by atoms with Crippen molar-refractivity contribution in [3.8, 4) is 22.8 Å². The number of amides is 1. The highest BCUT2D eigenvalue weighted by Crippen LogP contribution is 2.45. The molecule has 1 aromatic heterocycles. The number of phenols is 1. The number of esters is 1. The highest BCUT2D eigenvalue weighted by Gasteiger charge is 2.34. The summed E-state index contributed by atoms with van der Waals surface area (Å²) < 4.78 is 18.2. The number of rotatable bonds is 10. The maximum atomic E-state index is 12.9. The lowest BCUT2D eigenvalue weighted by molar-refractivity contribution is 0.0244. The van der Waals surface area contributed by atoms with Gasteiger partial charge in [-0.15, -0.1) is 0 Å². The molecule has 1 aromatic carbocycles. The molecule has 3 rings (SSSR count). The highest BCUT2D eigenvalue weighted by molar-refractivity contribution is 5.89. The summed E-state index contributed by atoms with van der Waals surface area (Å²) in [6.07, 6.45) is 4.94. The van der Waals surface area contributed by atoms with E-state index in [1.807, 2.05) is 10.6 Å². The number of pyridine rings is 1. The second kappa shape index (κ2) is 13.0. The van der Waals surface area contributed by atoms with E-state index in [0.29, 0.717) is 31.0 Å². The van der Waals surface area contributed by atoms with Crippen LogP contribution < -0.4 is 16.0 Å². The van der Waals surface area contributed by atoms with Gasteiger partial charge in [-0.25, -0.2) is 20.4 Å². The molecular weight excluding hydrogens is 526 g/mol. The van der Waals surface area contributed by atoms with Gasteiger partial charge in [-0.2, -0.15) is 0 Å². The third-order valence-electron chi connectivity index (χ3n) is 6.96. The number of phenolic OH excluding ortho intramolecular Hbond substituents is 1. The van der Waals surface area contributed by atoms with Crippen molar-refractivity contribution in [2.24, 2.45) is 11.3 Å². The van der Waals surface area contributed by atoms with E-state index in [1.54, 1.807) is 40.0 Å². The summed E-state index contributed by atoms with van der Waals surface area (Å²) in [6.45, 7) is 14.4. The Morgan fingerprint density at radius 1 is 1.07 bits per heavy atom. The Bertz CT molecular complexity index is 1300. The molecule has 0 radical (unpaired) electrons. The van der Waals surface area contributed by atoms with Crippen LogP contribution in [0.5, 0.6) is 11.5 Å². The lowest BCUT2D eigenvalue weighted by Gasteiger charge is -2.39. The molecule has 1 aliphatic heterocycles. The Morgan fingerprint density at radius 2 is 1.76 bits per heavy atom. The number of benzene rings is 1. The Hall–Kier alpha value is -3.53. The van der Waals surface area contributed by atoms with Gasteiger partial charge in [0.05, 0.1) is 18.9 Å². The third kappa shape index (κ3) is 8.25. The monoisotopic (exact) mass is 571 g/mol. The topological polar surface area (TPSA) is 133 Å². The number of aromatic hydroxyl groups is 1. The average molecular weight is 572 g/mol. The van der Waals surface area contributed by atoms with Crippen molar-refractivity contribution >= 4 is 12.1 Å². The molecule has 3 N–H and O–H groups in total. The zero-order valence-corrected chi connectivity index (χ0v) is 25.4. The van der Waals surface area contributed by atoms with Gasteiger partial charge in [-0.3, -0.25) is 4.79 Å². The molecule has 0 fully saturated rings.